The molecule has 3 heterocycles. The molecule has 35 heavy (non-hydrogen) atoms. The molecule has 0 radical (unpaired) electrons. The number of fused-ring (bicyclic) bond motifs is 3. The molecule has 0 spiro atoms. The van der Waals surface area contributed by atoms with Gasteiger partial charge in [-0.05, 0) is 6.42 Å². The van der Waals surface area contributed by atoms with Crippen LogP contribution in [0.3, 0.4) is 0 Å². The summed E-state index contributed by atoms with van der Waals surface area (Å²) in [5.74, 6) is 0.666. The quantitative estimate of drug-likeness (QED) is 0.0937. The van der Waals surface area contributed by atoms with Crippen molar-refractivity contribution in [2.75, 3.05) is 26.2 Å². The van der Waals surface area contributed by atoms with E-state index in [1.54, 1.807) is 0 Å². The molecular weight excluding hydrogens is 434 g/mol. The maximum absolute atomic E-state index is 12.8. The molecule has 4 nitrogen and oxygen atoms in total. The largest absolute Gasteiger partial charge is 0.456 e. The number of carbonyl (C=O) groups is 2. The fourth-order valence-corrected chi connectivity index (χ4v) is 6.11. The highest BCUT2D eigenvalue weighted by Gasteiger charge is 2.48. The second kappa shape index (κ2) is 15.4. The van der Waals surface area contributed by atoms with Crippen molar-refractivity contribution in [3.63, 3.8) is 0 Å². The van der Waals surface area contributed by atoms with Gasteiger partial charge >= 0.3 is 5.97 Å². The van der Waals surface area contributed by atoms with Crippen LogP contribution >= 0.6 is 0 Å². The molecular formula is C31H50NO3+. The first-order chi connectivity index (χ1) is 17.1. The number of carbonyl (C=O) groups excluding carboxylic acids is 2. The van der Waals surface area contributed by atoms with Crippen LogP contribution in [0, 0.1) is 5.92 Å². The van der Waals surface area contributed by atoms with Gasteiger partial charge in [0.15, 0.2) is 6.10 Å². The molecule has 0 saturated carbocycles. The number of piperidine rings is 3. The summed E-state index contributed by atoms with van der Waals surface area (Å²) < 4.78 is 6.77. The van der Waals surface area contributed by atoms with Crippen LogP contribution in [-0.2, 0) is 9.53 Å². The zero-order chi connectivity index (χ0) is 24.8. The Balaban J connectivity index is 1.24. The van der Waals surface area contributed by atoms with Crippen molar-refractivity contribution in [1.82, 2.24) is 0 Å². The standard InChI is InChI=1S/C31H50NO3/c1-2-3-4-5-6-7-8-9-10-11-12-13-17-20-31(34)35-30-26-32(23-21-28(30)22-24-32)25-29(33)27-18-15-14-16-19-27/h14-16,18-19,28,30H,2-13,17,20-26H2,1H3/q+1. The minimum absolute atomic E-state index is 0.00412. The molecule has 1 unspecified atom stereocenters. The van der Waals surface area contributed by atoms with E-state index in [0.29, 0.717) is 18.9 Å². The molecule has 3 saturated heterocycles. The number of ether oxygens (including phenoxy) is 1. The van der Waals surface area contributed by atoms with Crippen LogP contribution in [0.5, 0.6) is 0 Å². The van der Waals surface area contributed by atoms with Crippen LogP contribution in [-0.4, -0.2) is 48.5 Å². The number of benzene rings is 1. The number of hydrogen-bond acceptors (Lipinski definition) is 3. The maximum Gasteiger partial charge on any atom is 0.306 e. The smallest absolute Gasteiger partial charge is 0.306 e. The second-order valence-electron chi connectivity index (χ2n) is 11.3. The Labute approximate surface area is 214 Å². The highest BCUT2D eigenvalue weighted by atomic mass is 16.5. The predicted octanol–water partition coefficient (Wildman–Crippen LogP) is 7.50. The van der Waals surface area contributed by atoms with Gasteiger partial charge < -0.3 is 9.22 Å². The van der Waals surface area contributed by atoms with Crippen LogP contribution in [0.1, 0.15) is 120 Å². The summed E-state index contributed by atoms with van der Waals surface area (Å²) in [6.45, 7) is 5.69. The lowest BCUT2D eigenvalue weighted by Crippen LogP contribution is -2.65. The van der Waals surface area contributed by atoms with Crippen molar-refractivity contribution in [2.24, 2.45) is 5.92 Å². The maximum atomic E-state index is 12.8. The van der Waals surface area contributed by atoms with Crippen LogP contribution in [0.4, 0.5) is 0 Å². The molecule has 3 fully saturated rings. The Morgan fingerprint density at radius 2 is 1.34 bits per heavy atom. The minimum Gasteiger partial charge on any atom is -0.456 e. The van der Waals surface area contributed by atoms with Crippen molar-refractivity contribution >= 4 is 11.8 Å². The zero-order valence-electron chi connectivity index (χ0n) is 22.4. The molecule has 0 aliphatic carbocycles. The molecule has 0 aromatic heterocycles. The van der Waals surface area contributed by atoms with Crippen LogP contribution in [0.2, 0.25) is 0 Å². The zero-order valence-corrected chi connectivity index (χ0v) is 22.4. The summed E-state index contributed by atoms with van der Waals surface area (Å²) in [5, 5.41) is 0. The van der Waals surface area contributed by atoms with Crippen LogP contribution in [0.15, 0.2) is 30.3 Å². The molecule has 196 valence electrons. The van der Waals surface area contributed by atoms with E-state index >= 15 is 0 Å². The minimum atomic E-state index is -0.0284. The Bertz CT molecular complexity index is 739. The number of rotatable bonds is 18. The van der Waals surface area contributed by atoms with Crippen molar-refractivity contribution in [2.45, 2.75) is 116 Å². The molecule has 3 aliphatic heterocycles. The van der Waals surface area contributed by atoms with Crippen LogP contribution < -0.4 is 0 Å². The van der Waals surface area contributed by atoms with Crippen molar-refractivity contribution in [1.29, 1.82) is 0 Å². The number of Topliss-reactive ketones (excluding diaryl/α,β-unsaturated/α-hetero) is 1. The lowest BCUT2D eigenvalue weighted by Gasteiger charge is -2.51. The summed E-state index contributed by atoms with van der Waals surface area (Å²) in [5.41, 5.74) is 0.795. The van der Waals surface area contributed by atoms with Gasteiger partial charge in [-0.25, -0.2) is 0 Å². The molecule has 1 aromatic carbocycles. The first kappa shape index (κ1) is 27.9. The third kappa shape index (κ3) is 9.71. The van der Waals surface area contributed by atoms with Gasteiger partial charge in [0.25, 0.3) is 0 Å². The average Bonchev–Trinajstić information content (AvgIpc) is 2.88. The topological polar surface area (TPSA) is 43.4 Å². The Morgan fingerprint density at radius 1 is 0.800 bits per heavy atom. The molecule has 0 N–H and O–H groups in total. The number of unbranched alkanes of at least 4 members (excludes halogenated alkanes) is 12. The van der Waals surface area contributed by atoms with Gasteiger partial charge in [0.2, 0.25) is 5.78 Å². The van der Waals surface area contributed by atoms with E-state index in [-0.39, 0.29) is 17.9 Å². The van der Waals surface area contributed by atoms with E-state index < -0.39 is 0 Å². The highest BCUT2D eigenvalue weighted by Crippen LogP contribution is 2.36. The molecule has 4 heteroatoms. The third-order valence-electron chi connectivity index (χ3n) is 8.38. The van der Waals surface area contributed by atoms with Crippen molar-refractivity contribution in [3.05, 3.63) is 35.9 Å². The van der Waals surface area contributed by atoms with E-state index in [1.165, 1.54) is 70.6 Å². The molecule has 2 bridgehead atoms. The second-order valence-corrected chi connectivity index (χ2v) is 11.3. The average molecular weight is 485 g/mol. The molecule has 1 aromatic rings. The molecule has 1 atom stereocenters. The van der Waals surface area contributed by atoms with Gasteiger partial charge in [-0.15, -0.1) is 0 Å². The lowest BCUT2D eigenvalue weighted by atomic mass is 9.82. The summed E-state index contributed by atoms with van der Waals surface area (Å²) in [7, 11) is 0. The Hall–Kier alpha value is -1.68. The van der Waals surface area contributed by atoms with Gasteiger partial charge in [0.05, 0.1) is 13.1 Å². The Morgan fingerprint density at radius 3 is 1.91 bits per heavy atom. The highest BCUT2D eigenvalue weighted by molar-refractivity contribution is 5.96. The summed E-state index contributed by atoms with van der Waals surface area (Å²) in [6.07, 6.45) is 19.7. The third-order valence-corrected chi connectivity index (χ3v) is 8.38. The monoisotopic (exact) mass is 484 g/mol. The SMILES string of the molecule is CCCCCCCCCCCCCCCC(=O)OC1C[N+]2(CC(=O)c3ccccc3)CCC1CC2. The van der Waals surface area contributed by atoms with E-state index in [2.05, 4.69) is 6.92 Å². The van der Waals surface area contributed by atoms with Gasteiger partial charge in [-0.2, -0.15) is 0 Å². The van der Waals surface area contributed by atoms with Gasteiger partial charge in [0, 0.05) is 30.7 Å². The van der Waals surface area contributed by atoms with Gasteiger partial charge in [-0.1, -0.05) is 114 Å². The van der Waals surface area contributed by atoms with Gasteiger partial charge in [-0.3, -0.25) is 9.59 Å². The first-order valence-electron chi connectivity index (χ1n) is 14.7. The first-order valence-corrected chi connectivity index (χ1v) is 14.7. The number of nitrogens with zero attached hydrogens (tertiary/aromatic N) is 1. The summed E-state index contributed by atoms with van der Waals surface area (Å²) >= 11 is 0. The molecule has 0 amide bonds. The number of hydrogen-bond donors (Lipinski definition) is 0. The van der Waals surface area contributed by atoms with Crippen molar-refractivity contribution < 1.29 is 18.8 Å². The van der Waals surface area contributed by atoms with Crippen LogP contribution in [0.25, 0.3) is 0 Å². The van der Waals surface area contributed by atoms with E-state index in [9.17, 15) is 9.59 Å². The number of esters is 1. The fourth-order valence-electron chi connectivity index (χ4n) is 6.11. The van der Waals surface area contributed by atoms with E-state index in [0.717, 1.165) is 55.4 Å². The fraction of sp³-hybridized carbons (Fsp3) is 0.742. The predicted molar refractivity (Wildman–Crippen MR) is 143 cm³/mol. The van der Waals surface area contributed by atoms with E-state index in [1.807, 2.05) is 30.3 Å². The number of quaternary nitrogens is 1. The Kier molecular flexibility index (Phi) is 12.3. The molecule has 3 aliphatic rings. The number of ketones is 1. The summed E-state index contributed by atoms with van der Waals surface area (Å²) in [4.78, 5) is 25.4. The van der Waals surface area contributed by atoms with Crippen molar-refractivity contribution in [3.8, 4) is 0 Å². The lowest BCUT2D eigenvalue weighted by molar-refractivity contribution is -0.938. The summed E-state index contributed by atoms with van der Waals surface area (Å²) in [6, 6.07) is 9.62. The normalized spacial score (nSPS) is 23.3. The van der Waals surface area contributed by atoms with E-state index in [4.69, 9.17) is 4.74 Å². The van der Waals surface area contributed by atoms with Gasteiger partial charge in [0.1, 0.15) is 13.1 Å². The molecule has 4 rings (SSSR count).